The zero-order valence-electron chi connectivity index (χ0n) is 12.7. The van der Waals surface area contributed by atoms with Crippen molar-refractivity contribution in [1.29, 1.82) is 0 Å². The Bertz CT molecular complexity index is 720. The van der Waals surface area contributed by atoms with Crippen LogP contribution in [0.5, 0.6) is 0 Å². The largest absolute Gasteiger partial charge is 0.478 e. The number of hydrogen-bond acceptors (Lipinski definition) is 3. The first-order chi connectivity index (χ1) is 9.75. The zero-order valence-corrected chi connectivity index (χ0v) is 12.7. The van der Waals surface area contributed by atoms with Crippen LogP contribution in [0.2, 0.25) is 0 Å². The van der Waals surface area contributed by atoms with Crippen molar-refractivity contribution >= 4 is 17.3 Å². The van der Waals surface area contributed by atoms with Crippen LogP contribution < -0.4 is 11.5 Å². The predicted molar refractivity (Wildman–Crippen MR) is 86.6 cm³/mol. The van der Waals surface area contributed by atoms with Gasteiger partial charge in [-0.3, -0.25) is 0 Å². The minimum absolute atomic E-state index is 0.227. The van der Waals surface area contributed by atoms with E-state index < -0.39 is 5.97 Å². The molecule has 21 heavy (non-hydrogen) atoms. The molecule has 0 radical (unpaired) electrons. The second kappa shape index (κ2) is 5.13. The van der Waals surface area contributed by atoms with E-state index in [0.717, 1.165) is 39.1 Å². The molecule has 2 aromatic rings. The molecular formula is C17H20N2O2. The minimum Gasteiger partial charge on any atom is -0.478 e. The number of anilines is 2. The molecule has 0 spiro atoms. The van der Waals surface area contributed by atoms with Gasteiger partial charge >= 0.3 is 5.97 Å². The highest BCUT2D eigenvalue weighted by atomic mass is 16.4. The summed E-state index contributed by atoms with van der Waals surface area (Å²) in [4.78, 5) is 11.2. The second-order valence-corrected chi connectivity index (χ2v) is 5.40. The van der Waals surface area contributed by atoms with E-state index in [1.165, 1.54) is 6.07 Å². The Balaban J connectivity index is 2.85. The standard InChI is InChI=1S/C17H20N2O2/c1-8-10(3)16(19)11(4)9(2)15(8)13-7-12(17(20)21)5-6-14(13)18/h5-7H,18-19H2,1-4H3,(H,20,21). The molecule has 0 heterocycles. The molecule has 0 aliphatic heterocycles. The number of carbonyl (C=O) groups is 1. The van der Waals surface area contributed by atoms with Crippen LogP contribution in [-0.2, 0) is 0 Å². The first-order valence-corrected chi connectivity index (χ1v) is 6.74. The van der Waals surface area contributed by atoms with Crippen LogP contribution in [0.1, 0.15) is 32.6 Å². The van der Waals surface area contributed by atoms with Crippen molar-refractivity contribution in [1.82, 2.24) is 0 Å². The summed E-state index contributed by atoms with van der Waals surface area (Å²) < 4.78 is 0. The molecule has 0 unspecified atom stereocenters. The summed E-state index contributed by atoms with van der Waals surface area (Å²) in [5.41, 5.74) is 19.6. The molecule has 2 rings (SSSR count). The Kier molecular flexibility index (Phi) is 3.64. The van der Waals surface area contributed by atoms with Crippen LogP contribution in [-0.4, -0.2) is 11.1 Å². The number of rotatable bonds is 2. The van der Waals surface area contributed by atoms with E-state index in [-0.39, 0.29) is 5.56 Å². The third-order valence-electron chi connectivity index (χ3n) is 4.25. The number of benzene rings is 2. The Hall–Kier alpha value is -2.49. The van der Waals surface area contributed by atoms with E-state index in [0.29, 0.717) is 5.69 Å². The van der Waals surface area contributed by atoms with Gasteiger partial charge in [-0.05, 0) is 73.7 Å². The molecule has 4 nitrogen and oxygen atoms in total. The van der Waals surface area contributed by atoms with Crippen molar-refractivity contribution in [2.24, 2.45) is 0 Å². The molecule has 110 valence electrons. The highest BCUT2D eigenvalue weighted by Crippen LogP contribution is 2.38. The number of hydrogen-bond donors (Lipinski definition) is 3. The van der Waals surface area contributed by atoms with Crippen molar-refractivity contribution in [2.45, 2.75) is 27.7 Å². The van der Waals surface area contributed by atoms with Gasteiger partial charge in [-0.15, -0.1) is 0 Å². The SMILES string of the molecule is Cc1c(C)c(-c2cc(C(=O)O)ccc2N)c(C)c(C)c1N. The van der Waals surface area contributed by atoms with Crippen molar-refractivity contribution in [3.8, 4) is 11.1 Å². The average Bonchev–Trinajstić information content (AvgIpc) is 2.45. The fraction of sp³-hybridized carbons (Fsp3) is 0.235. The van der Waals surface area contributed by atoms with Crippen LogP contribution in [0, 0.1) is 27.7 Å². The van der Waals surface area contributed by atoms with Gasteiger partial charge in [0.1, 0.15) is 0 Å². The van der Waals surface area contributed by atoms with Gasteiger partial charge in [-0.1, -0.05) is 0 Å². The van der Waals surface area contributed by atoms with Crippen molar-refractivity contribution in [3.05, 3.63) is 46.0 Å². The zero-order chi connectivity index (χ0) is 15.9. The van der Waals surface area contributed by atoms with E-state index in [4.69, 9.17) is 11.5 Å². The van der Waals surface area contributed by atoms with Crippen LogP contribution in [0.15, 0.2) is 18.2 Å². The first kappa shape index (κ1) is 14.9. The van der Waals surface area contributed by atoms with Gasteiger partial charge in [0, 0.05) is 16.9 Å². The fourth-order valence-electron chi connectivity index (χ4n) is 2.65. The number of nitrogens with two attached hydrogens (primary N) is 2. The molecule has 4 heteroatoms. The number of nitrogen functional groups attached to an aromatic ring is 2. The quantitative estimate of drug-likeness (QED) is 0.737. The summed E-state index contributed by atoms with van der Waals surface area (Å²) in [7, 11) is 0. The number of carboxylic acid groups (broad SMARTS) is 1. The molecular weight excluding hydrogens is 264 g/mol. The summed E-state index contributed by atoms with van der Waals surface area (Å²) in [6, 6.07) is 4.78. The van der Waals surface area contributed by atoms with Gasteiger partial charge in [0.05, 0.1) is 5.56 Å². The second-order valence-electron chi connectivity index (χ2n) is 5.40. The average molecular weight is 284 g/mol. The minimum atomic E-state index is -0.963. The highest BCUT2D eigenvalue weighted by molar-refractivity contribution is 5.93. The summed E-state index contributed by atoms with van der Waals surface area (Å²) in [5, 5.41) is 9.18. The van der Waals surface area contributed by atoms with E-state index >= 15 is 0 Å². The predicted octanol–water partition coefficient (Wildman–Crippen LogP) is 3.45. The van der Waals surface area contributed by atoms with Gasteiger partial charge in [0.2, 0.25) is 0 Å². The lowest BCUT2D eigenvalue weighted by molar-refractivity contribution is 0.0697. The molecule has 5 N–H and O–H groups in total. The van der Waals surface area contributed by atoms with Crippen molar-refractivity contribution in [3.63, 3.8) is 0 Å². The molecule has 0 fully saturated rings. The van der Waals surface area contributed by atoms with Gasteiger partial charge in [-0.25, -0.2) is 4.79 Å². The van der Waals surface area contributed by atoms with E-state index in [9.17, 15) is 9.90 Å². The highest BCUT2D eigenvalue weighted by Gasteiger charge is 2.17. The first-order valence-electron chi connectivity index (χ1n) is 6.74. The third kappa shape index (κ3) is 2.33. The maximum absolute atomic E-state index is 11.2. The molecule has 0 saturated carbocycles. The number of aromatic carboxylic acids is 1. The molecule has 0 atom stereocenters. The van der Waals surface area contributed by atoms with Crippen LogP contribution in [0.3, 0.4) is 0 Å². The topological polar surface area (TPSA) is 89.3 Å². The smallest absolute Gasteiger partial charge is 0.335 e. The summed E-state index contributed by atoms with van der Waals surface area (Å²) >= 11 is 0. The van der Waals surface area contributed by atoms with Crippen molar-refractivity contribution < 1.29 is 9.90 Å². The normalized spacial score (nSPS) is 10.7. The Labute approximate surface area is 124 Å². The Morgan fingerprint density at radius 3 is 1.95 bits per heavy atom. The maximum atomic E-state index is 11.2. The van der Waals surface area contributed by atoms with Crippen LogP contribution >= 0.6 is 0 Å². The fourth-order valence-corrected chi connectivity index (χ4v) is 2.65. The molecule has 0 saturated heterocycles. The van der Waals surface area contributed by atoms with E-state index in [1.54, 1.807) is 12.1 Å². The summed E-state index contributed by atoms with van der Waals surface area (Å²) in [5.74, 6) is -0.963. The van der Waals surface area contributed by atoms with Gasteiger partial charge in [-0.2, -0.15) is 0 Å². The lowest BCUT2D eigenvalue weighted by Gasteiger charge is -2.20. The maximum Gasteiger partial charge on any atom is 0.335 e. The van der Waals surface area contributed by atoms with Crippen LogP contribution in [0.25, 0.3) is 11.1 Å². The molecule has 0 aromatic heterocycles. The van der Waals surface area contributed by atoms with Gasteiger partial charge in [0.25, 0.3) is 0 Å². The van der Waals surface area contributed by atoms with Gasteiger partial charge in [0.15, 0.2) is 0 Å². The van der Waals surface area contributed by atoms with E-state index in [1.807, 2.05) is 27.7 Å². The lowest BCUT2D eigenvalue weighted by atomic mass is 9.87. The summed E-state index contributed by atoms with van der Waals surface area (Å²) in [6.45, 7) is 7.91. The Morgan fingerprint density at radius 1 is 0.952 bits per heavy atom. The monoisotopic (exact) mass is 284 g/mol. The lowest BCUT2D eigenvalue weighted by Crippen LogP contribution is -2.05. The van der Waals surface area contributed by atoms with Crippen LogP contribution in [0.4, 0.5) is 11.4 Å². The molecule has 0 bridgehead atoms. The van der Waals surface area contributed by atoms with E-state index in [2.05, 4.69) is 0 Å². The molecule has 0 amide bonds. The molecule has 0 aliphatic rings. The Morgan fingerprint density at radius 2 is 1.48 bits per heavy atom. The molecule has 2 aromatic carbocycles. The number of carboxylic acids is 1. The molecule has 0 aliphatic carbocycles. The third-order valence-corrected chi connectivity index (χ3v) is 4.25. The summed E-state index contributed by atoms with van der Waals surface area (Å²) in [6.07, 6.45) is 0. The van der Waals surface area contributed by atoms with Crippen molar-refractivity contribution in [2.75, 3.05) is 11.5 Å². The van der Waals surface area contributed by atoms with Gasteiger partial charge < -0.3 is 16.6 Å².